The second-order valence-corrected chi connectivity index (χ2v) is 8.44. The molecule has 160 valence electrons. The highest BCUT2D eigenvalue weighted by Crippen LogP contribution is 2.23. The first-order chi connectivity index (χ1) is 15.4. The van der Waals surface area contributed by atoms with Gasteiger partial charge >= 0.3 is 5.69 Å². The minimum atomic E-state index is -0.600. The predicted molar refractivity (Wildman–Crippen MR) is 120 cm³/mol. The van der Waals surface area contributed by atoms with Crippen molar-refractivity contribution in [1.82, 2.24) is 19.3 Å². The van der Waals surface area contributed by atoms with Crippen LogP contribution in [0.25, 0.3) is 27.3 Å². The van der Waals surface area contributed by atoms with Gasteiger partial charge in [-0.25, -0.2) is 13.8 Å². The zero-order valence-corrected chi connectivity index (χ0v) is 18.2. The van der Waals surface area contributed by atoms with E-state index in [1.54, 1.807) is 29.6 Å². The molecule has 3 heterocycles. The zero-order valence-electron chi connectivity index (χ0n) is 16.6. The molecule has 2 aromatic carbocycles. The standard InChI is InChI=1S/C22H14ClFN4O3S/c1-12-2-5-14(6-3-12)28-21(29)19-17(8-9-32-19)27(22(28)30)11-18-25-20(26-31-18)13-4-7-15(23)16(24)10-13/h2-10H,11H2,1H3. The molecule has 0 spiro atoms. The number of halogens is 2. The summed E-state index contributed by atoms with van der Waals surface area (Å²) in [6, 6.07) is 13.0. The number of hydrogen-bond donors (Lipinski definition) is 0. The maximum atomic E-state index is 13.8. The predicted octanol–water partition coefficient (Wildman–Crippen LogP) is 4.41. The van der Waals surface area contributed by atoms with Crippen molar-refractivity contribution in [2.45, 2.75) is 13.5 Å². The van der Waals surface area contributed by atoms with Crippen LogP contribution in [-0.2, 0) is 6.54 Å². The fourth-order valence-electron chi connectivity index (χ4n) is 3.37. The molecule has 0 atom stereocenters. The van der Waals surface area contributed by atoms with E-state index in [2.05, 4.69) is 10.1 Å². The Hall–Kier alpha value is -3.56. The highest BCUT2D eigenvalue weighted by atomic mass is 35.5. The van der Waals surface area contributed by atoms with Crippen LogP contribution in [0.1, 0.15) is 11.5 Å². The van der Waals surface area contributed by atoms with Crippen LogP contribution >= 0.6 is 22.9 Å². The van der Waals surface area contributed by atoms with Crippen molar-refractivity contribution in [2.24, 2.45) is 0 Å². The molecule has 0 unspecified atom stereocenters. The van der Waals surface area contributed by atoms with Crippen LogP contribution in [-0.4, -0.2) is 19.3 Å². The van der Waals surface area contributed by atoms with Crippen LogP contribution < -0.4 is 11.2 Å². The Morgan fingerprint density at radius 3 is 2.66 bits per heavy atom. The molecule has 0 saturated heterocycles. The summed E-state index contributed by atoms with van der Waals surface area (Å²) in [7, 11) is 0. The third-order valence-corrected chi connectivity index (χ3v) is 6.18. The largest absolute Gasteiger partial charge is 0.337 e. The molecule has 0 saturated carbocycles. The first kappa shape index (κ1) is 20.3. The Kier molecular flexibility index (Phi) is 4.99. The third-order valence-electron chi connectivity index (χ3n) is 4.99. The highest BCUT2D eigenvalue weighted by Gasteiger charge is 2.18. The lowest BCUT2D eigenvalue weighted by Gasteiger charge is -2.11. The summed E-state index contributed by atoms with van der Waals surface area (Å²) < 4.78 is 22.1. The van der Waals surface area contributed by atoms with E-state index in [0.717, 1.165) is 10.1 Å². The van der Waals surface area contributed by atoms with E-state index in [4.69, 9.17) is 16.1 Å². The number of aromatic nitrogens is 4. The molecule has 5 rings (SSSR count). The smallest absolute Gasteiger partial charge is 0.336 e. The topological polar surface area (TPSA) is 82.9 Å². The maximum Gasteiger partial charge on any atom is 0.336 e. The summed E-state index contributed by atoms with van der Waals surface area (Å²) in [5.41, 5.74) is 1.43. The van der Waals surface area contributed by atoms with Crippen LogP contribution in [0, 0.1) is 12.7 Å². The monoisotopic (exact) mass is 468 g/mol. The minimum absolute atomic E-state index is 0.0118. The van der Waals surface area contributed by atoms with Gasteiger partial charge in [0.25, 0.3) is 5.56 Å². The van der Waals surface area contributed by atoms with Gasteiger partial charge in [-0.1, -0.05) is 34.5 Å². The van der Waals surface area contributed by atoms with Crippen molar-refractivity contribution in [2.75, 3.05) is 0 Å². The Morgan fingerprint density at radius 2 is 1.91 bits per heavy atom. The van der Waals surface area contributed by atoms with Crippen molar-refractivity contribution in [1.29, 1.82) is 0 Å². The van der Waals surface area contributed by atoms with Crippen molar-refractivity contribution >= 4 is 33.2 Å². The number of rotatable bonds is 4. The van der Waals surface area contributed by atoms with Crippen molar-refractivity contribution < 1.29 is 8.91 Å². The normalized spacial score (nSPS) is 11.3. The molecule has 0 aliphatic carbocycles. The third kappa shape index (κ3) is 3.45. The SMILES string of the molecule is Cc1ccc(-n2c(=O)c3sccc3n(Cc3nc(-c4ccc(Cl)c(F)c4)no3)c2=O)cc1. The van der Waals surface area contributed by atoms with Crippen LogP contribution in [0.15, 0.2) is 68.0 Å². The number of aryl methyl sites for hydroxylation is 1. The number of hydrogen-bond acceptors (Lipinski definition) is 6. The molecule has 0 aliphatic rings. The summed E-state index contributed by atoms with van der Waals surface area (Å²) in [4.78, 5) is 30.6. The fourth-order valence-corrected chi connectivity index (χ4v) is 4.31. The van der Waals surface area contributed by atoms with Gasteiger partial charge < -0.3 is 4.52 Å². The summed E-state index contributed by atoms with van der Waals surface area (Å²) in [5, 5.41) is 5.62. The highest BCUT2D eigenvalue weighted by molar-refractivity contribution is 7.17. The van der Waals surface area contributed by atoms with Gasteiger partial charge in [0, 0.05) is 5.56 Å². The first-order valence-electron chi connectivity index (χ1n) is 9.50. The fraction of sp³-hybridized carbons (Fsp3) is 0.0909. The molecule has 32 heavy (non-hydrogen) atoms. The van der Waals surface area contributed by atoms with E-state index < -0.39 is 11.5 Å². The van der Waals surface area contributed by atoms with Gasteiger partial charge in [0.1, 0.15) is 17.1 Å². The average molecular weight is 469 g/mol. The van der Waals surface area contributed by atoms with E-state index >= 15 is 0 Å². The summed E-state index contributed by atoms with van der Waals surface area (Å²) in [5.74, 6) is -0.298. The van der Waals surface area contributed by atoms with Crippen LogP contribution in [0.2, 0.25) is 5.02 Å². The Bertz CT molecular complexity index is 1580. The van der Waals surface area contributed by atoms with Gasteiger partial charge in [0.05, 0.1) is 16.2 Å². The molecule has 0 aliphatic heterocycles. The Labute approximate surface area is 188 Å². The molecule has 0 amide bonds. The quantitative estimate of drug-likeness (QED) is 0.390. The maximum absolute atomic E-state index is 13.8. The van der Waals surface area contributed by atoms with Gasteiger partial charge in [-0.3, -0.25) is 9.36 Å². The van der Waals surface area contributed by atoms with E-state index in [9.17, 15) is 14.0 Å². The van der Waals surface area contributed by atoms with Gasteiger partial charge in [0.15, 0.2) is 0 Å². The number of fused-ring (bicyclic) bond motifs is 1. The molecule has 0 fully saturated rings. The van der Waals surface area contributed by atoms with Crippen molar-refractivity contribution in [3.8, 4) is 17.1 Å². The summed E-state index contributed by atoms with van der Waals surface area (Å²) in [6.07, 6.45) is 0. The van der Waals surface area contributed by atoms with E-state index in [1.807, 2.05) is 19.1 Å². The van der Waals surface area contributed by atoms with Crippen LogP contribution in [0.4, 0.5) is 4.39 Å². The van der Waals surface area contributed by atoms with Crippen molar-refractivity contribution in [3.05, 3.63) is 97.0 Å². The molecule has 3 aromatic heterocycles. The van der Waals surface area contributed by atoms with Gasteiger partial charge in [-0.2, -0.15) is 4.98 Å². The van der Waals surface area contributed by atoms with E-state index in [-0.39, 0.29) is 28.8 Å². The molecular weight excluding hydrogens is 455 g/mol. The molecule has 10 heteroatoms. The first-order valence-corrected chi connectivity index (χ1v) is 10.8. The average Bonchev–Trinajstić information content (AvgIpc) is 3.44. The lowest BCUT2D eigenvalue weighted by atomic mass is 10.2. The number of nitrogens with zero attached hydrogens (tertiary/aromatic N) is 4. The Morgan fingerprint density at radius 1 is 1.12 bits per heavy atom. The second-order valence-electron chi connectivity index (χ2n) is 7.12. The van der Waals surface area contributed by atoms with Crippen LogP contribution in [0.3, 0.4) is 0 Å². The molecule has 7 nitrogen and oxygen atoms in total. The molecule has 0 N–H and O–H groups in total. The van der Waals surface area contributed by atoms with Crippen molar-refractivity contribution in [3.63, 3.8) is 0 Å². The second kappa shape index (κ2) is 7.85. The van der Waals surface area contributed by atoms with Gasteiger partial charge in [-0.05, 0) is 48.7 Å². The van der Waals surface area contributed by atoms with E-state index in [0.29, 0.717) is 21.5 Å². The molecule has 5 aromatic rings. The summed E-state index contributed by atoms with van der Waals surface area (Å²) in [6.45, 7) is 1.87. The molecule has 0 radical (unpaired) electrons. The molecular formula is C22H14ClFN4O3S. The minimum Gasteiger partial charge on any atom is -0.337 e. The summed E-state index contributed by atoms with van der Waals surface area (Å²) >= 11 is 6.98. The zero-order chi connectivity index (χ0) is 22.4. The lowest BCUT2D eigenvalue weighted by Crippen LogP contribution is -2.38. The Balaban J connectivity index is 1.61. The van der Waals surface area contributed by atoms with Crippen LogP contribution in [0.5, 0.6) is 0 Å². The molecule has 0 bridgehead atoms. The van der Waals surface area contributed by atoms with Gasteiger partial charge in [-0.15, -0.1) is 11.3 Å². The lowest BCUT2D eigenvalue weighted by molar-refractivity contribution is 0.370. The number of benzene rings is 2. The number of thiophene rings is 1. The van der Waals surface area contributed by atoms with Gasteiger partial charge in [0.2, 0.25) is 11.7 Å². The van der Waals surface area contributed by atoms with E-state index in [1.165, 1.54) is 28.0 Å².